The summed E-state index contributed by atoms with van der Waals surface area (Å²) in [5, 5.41) is 4.05. The maximum atomic E-state index is 12.5. The van der Waals surface area contributed by atoms with Crippen LogP contribution in [-0.2, 0) is 11.3 Å². The van der Waals surface area contributed by atoms with Crippen molar-refractivity contribution >= 4 is 34.8 Å². The molecule has 24 heavy (non-hydrogen) atoms. The van der Waals surface area contributed by atoms with Gasteiger partial charge in [-0.1, -0.05) is 53.0 Å². The van der Waals surface area contributed by atoms with Gasteiger partial charge in [-0.25, -0.2) is 0 Å². The minimum absolute atomic E-state index is 0.0531. The summed E-state index contributed by atoms with van der Waals surface area (Å²) in [6.07, 6.45) is 0. The predicted octanol–water partition coefficient (Wildman–Crippen LogP) is 5.07. The van der Waals surface area contributed by atoms with E-state index in [1.807, 2.05) is 57.0 Å². The first kappa shape index (κ1) is 18.8. The molecule has 128 valence electrons. The number of carbonyl (C=O) groups excluding carboxylic acids is 1. The molecule has 3 nitrogen and oxygen atoms in total. The molecule has 0 fully saturated rings. The van der Waals surface area contributed by atoms with Crippen LogP contribution in [0, 0.1) is 13.8 Å². The summed E-state index contributed by atoms with van der Waals surface area (Å²) in [6.45, 7) is 6.44. The number of hydrogen-bond acceptors (Lipinski definition) is 2. The van der Waals surface area contributed by atoms with E-state index >= 15 is 0 Å². The van der Waals surface area contributed by atoms with Crippen LogP contribution in [0.15, 0.2) is 36.4 Å². The number of halogens is 2. The Labute approximate surface area is 153 Å². The summed E-state index contributed by atoms with van der Waals surface area (Å²) in [5.74, 6) is -0.0531. The van der Waals surface area contributed by atoms with Gasteiger partial charge in [-0.05, 0) is 51.1 Å². The van der Waals surface area contributed by atoms with E-state index < -0.39 is 0 Å². The standard InChI is InChI=1S/C19H22Cl2N2O/c1-12-8-9-17(13(2)10-12)22-19(24)14(3)23(4)11-15-6-5-7-16(20)18(15)21/h5-10,14H,11H2,1-4H3,(H,22,24). The average molecular weight is 365 g/mol. The second-order valence-corrected chi connectivity index (χ2v) is 6.90. The van der Waals surface area contributed by atoms with Crippen LogP contribution in [0.5, 0.6) is 0 Å². The molecule has 0 bridgehead atoms. The lowest BCUT2D eigenvalue weighted by molar-refractivity contribution is -0.120. The lowest BCUT2D eigenvalue weighted by Crippen LogP contribution is -2.39. The van der Waals surface area contributed by atoms with Crippen molar-refractivity contribution in [3.05, 3.63) is 63.1 Å². The summed E-state index contributed by atoms with van der Waals surface area (Å²) >= 11 is 12.3. The molecule has 1 N–H and O–H groups in total. The number of amides is 1. The van der Waals surface area contributed by atoms with Crippen molar-refractivity contribution < 1.29 is 4.79 Å². The van der Waals surface area contributed by atoms with Gasteiger partial charge in [0.25, 0.3) is 0 Å². The Kier molecular flexibility index (Phi) is 6.27. The van der Waals surface area contributed by atoms with Gasteiger partial charge in [0.05, 0.1) is 16.1 Å². The predicted molar refractivity (Wildman–Crippen MR) is 102 cm³/mol. The van der Waals surface area contributed by atoms with Crippen molar-refractivity contribution in [1.29, 1.82) is 0 Å². The molecule has 0 saturated carbocycles. The first-order chi connectivity index (χ1) is 11.3. The van der Waals surface area contributed by atoms with E-state index in [0.29, 0.717) is 16.6 Å². The first-order valence-electron chi connectivity index (χ1n) is 7.81. The SMILES string of the molecule is Cc1ccc(NC(=O)C(C)N(C)Cc2cccc(Cl)c2Cl)c(C)c1. The van der Waals surface area contributed by atoms with Gasteiger partial charge in [-0.15, -0.1) is 0 Å². The van der Waals surface area contributed by atoms with E-state index in [0.717, 1.165) is 16.8 Å². The summed E-state index contributed by atoms with van der Waals surface area (Å²) in [4.78, 5) is 14.5. The zero-order valence-electron chi connectivity index (χ0n) is 14.4. The molecule has 1 amide bonds. The molecule has 0 aliphatic heterocycles. The van der Waals surface area contributed by atoms with Crippen LogP contribution in [0.4, 0.5) is 5.69 Å². The normalized spacial score (nSPS) is 12.3. The van der Waals surface area contributed by atoms with Gasteiger partial charge in [-0.3, -0.25) is 9.69 Å². The molecule has 1 atom stereocenters. The summed E-state index contributed by atoms with van der Waals surface area (Å²) < 4.78 is 0. The number of anilines is 1. The quantitative estimate of drug-likeness (QED) is 0.802. The van der Waals surface area contributed by atoms with Crippen LogP contribution < -0.4 is 5.32 Å². The summed E-state index contributed by atoms with van der Waals surface area (Å²) in [5.41, 5.74) is 3.96. The van der Waals surface area contributed by atoms with E-state index in [9.17, 15) is 4.79 Å². The number of hydrogen-bond donors (Lipinski definition) is 1. The largest absolute Gasteiger partial charge is 0.324 e. The molecular weight excluding hydrogens is 343 g/mol. The molecule has 0 spiro atoms. The average Bonchev–Trinajstić information content (AvgIpc) is 2.53. The molecule has 2 aromatic rings. The molecule has 0 saturated heterocycles. The van der Waals surface area contributed by atoms with E-state index in [4.69, 9.17) is 23.2 Å². The Hall–Kier alpha value is -1.55. The topological polar surface area (TPSA) is 32.3 Å². The Bertz CT molecular complexity index is 746. The molecule has 0 aliphatic rings. The van der Waals surface area contributed by atoms with Crippen LogP contribution in [0.1, 0.15) is 23.6 Å². The Morgan fingerprint density at radius 1 is 1.21 bits per heavy atom. The molecule has 2 rings (SSSR count). The van der Waals surface area contributed by atoms with Crippen molar-refractivity contribution in [2.75, 3.05) is 12.4 Å². The second-order valence-electron chi connectivity index (χ2n) is 6.11. The van der Waals surface area contributed by atoms with Gasteiger partial charge in [0.1, 0.15) is 0 Å². The van der Waals surface area contributed by atoms with Gasteiger partial charge < -0.3 is 5.32 Å². The highest BCUT2D eigenvalue weighted by Crippen LogP contribution is 2.26. The fourth-order valence-corrected chi connectivity index (χ4v) is 2.85. The van der Waals surface area contributed by atoms with E-state index in [1.165, 1.54) is 5.56 Å². The Morgan fingerprint density at radius 2 is 1.92 bits per heavy atom. The summed E-state index contributed by atoms with van der Waals surface area (Å²) in [6, 6.07) is 11.2. The van der Waals surface area contributed by atoms with Crippen molar-refractivity contribution in [1.82, 2.24) is 4.90 Å². The monoisotopic (exact) mass is 364 g/mol. The van der Waals surface area contributed by atoms with Crippen LogP contribution >= 0.6 is 23.2 Å². The number of carbonyl (C=O) groups is 1. The van der Waals surface area contributed by atoms with Gasteiger partial charge >= 0.3 is 0 Å². The zero-order valence-corrected chi connectivity index (χ0v) is 15.9. The minimum Gasteiger partial charge on any atom is -0.324 e. The molecule has 0 heterocycles. The van der Waals surface area contributed by atoms with Crippen LogP contribution in [0.25, 0.3) is 0 Å². The highest BCUT2D eigenvalue weighted by Gasteiger charge is 2.20. The van der Waals surface area contributed by atoms with Crippen molar-refractivity contribution in [3.63, 3.8) is 0 Å². The van der Waals surface area contributed by atoms with E-state index in [2.05, 4.69) is 11.4 Å². The lowest BCUT2D eigenvalue weighted by atomic mass is 10.1. The number of nitrogens with zero attached hydrogens (tertiary/aromatic N) is 1. The second kappa shape index (κ2) is 8.02. The first-order valence-corrected chi connectivity index (χ1v) is 8.56. The molecule has 2 aromatic carbocycles. The van der Waals surface area contributed by atoms with Crippen LogP contribution in [0.2, 0.25) is 10.0 Å². The van der Waals surface area contributed by atoms with E-state index in [1.54, 1.807) is 6.07 Å². The number of benzene rings is 2. The third kappa shape index (κ3) is 4.50. The number of rotatable bonds is 5. The number of likely N-dealkylation sites (N-methyl/N-ethyl adjacent to an activating group) is 1. The van der Waals surface area contributed by atoms with Gasteiger partial charge in [0.15, 0.2) is 0 Å². The van der Waals surface area contributed by atoms with Crippen molar-refractivity contribution in [2.24, 2.45) is 0 Å². The summed E-state index contributed by atoms with van der Waals surface area (Å²) in [7, 11) is 1.89. The minimum atomic E-state index is -0.305. The molecular formula is C19H22Cl2N2O. The van der Waals surface area contributed by atoms with Gasteiger partial charge in [0.2, 0.25) is 5.91 Å². The van der Waals surface area contributed by atoms with Crippen molar-refractivity contribution in [3.8, 4) is 0 Å². The fourth-order valence-electron chi connectivity index (χ4n) is 2.47. The Morgan fingerprint density at radius 3 is 2.58 bits per heavy atom. The highest BCUT2D eigenvalue weighted by molar-refractivity contribution is 6.42. The van der Waals surface area contributed by atoms with Gasteiger partial charge in [-0.2, -0.15) is 0 Å². The molecule has 1 unspecified atom stereocenters. The smallest absolute Gasteiger partial charge is 0.241 e. The van der Waals surface area contributed by atoms with Gasteiger partial charge in [0, 0.05) is 12.2 Å². The fraction of sp³-hybridized carbons (Fsp3) is 0.316. The Balaban J connectivity index is 2.05. The highest BCUT2D eigenvalue weighted by atomic mass is 35.5. The maximum absolute atomic E-state index is 12.5. The maximum Gasteiger partial charge on any atom is 0.241 e. The zero-order chi connectivity index (χ0) is 17.9. The molecule has 0 aliphatic carbocycles. The van der Waals surface area contributed by atoms with Crippen LogP contribution in [-0.4, -0.2) is 23.9 Å². The lowest BCUT2D eigenvalue weighted by Gasteiger charge is -2.25. The third-order valence-corrected chi connectivity index (χ3v) is 4.99. The van der Waals surface area contributed by atoms with E-state index in [-0.39, 0.29) is 11.9 Å². The molecule has 0 radical (unpaired) electrons. The number of nitrogens with one attached hydrogen (secondary N) is 1. The van der Waals surface area contributed by atoms with Crippen LogP contribution in [0.3, 0.4) is 0 Å². The van der Waals surface area contributed by atoms with Crippen molar-refractivity contribution in [2.45, 2.75) is 33.4 Å². The number of aryl methyl sites for hydroxylation is 2. The third-order valence-electron chi connectivity index (χ3n) is 4.13. The molecule has 5 heteroatoms. The molecule has 0 aromatic heterocycles.